The average Bonchev–Trinajstić information content (AvgIpc) is 3.28. The number of benzene rings is 2. The number of aromatic nitrogens is 5. The minimum atomic E-state index is -0.132. The molecule has 0 aliphatic carbocycles. The Kier molecular flexibility index (Phi) is 5.35. The number of thioether (sulfide) groups is 1. The van der Waals surface area contributed by atoms with E-state index in [1.165, 1.54) is 0 Å². The summed E-state index contributed by atoms with van der Waals surface area (Å²) >= 11 is 1.55. The number of pyridine rings is 1. The lowest BCUT2D eigenvalue weighted by atomic mass is 10.1. The van der Waals surface area contributed by atoms with Crippen molar-refractivity contribution in [2.75, 3.05) is 11.6 Å². The van der Waals surface area contributed by atoms with Crippen LogP contribution in [0.25, 0.3) is 28.3 Å². The number of carbonyl (C=O) groups is 1. The molecule has 8 heteroatoms. The number of fused-ring (bicyclic) bond motifs is 1. The lowest BCUT2D eigenvalue weighted by molar-refractivity contribution is 0.102. The van der Waals surface area contributed by atoms with Crippen LogP contribution >= 0.6 is 11.8 Å². The molecule has 0 spiro atoms. The normalized spacial score (nSPS) is 10.9. The van der Waals surface area contributed by atoms with Crippen molar-refractivity contribution in [2.45, 2.75) is 4.90 Å². The first-order valence-electron chi connectivity index (χ1n) is 9.90. The van der Waals surface area contributed by atoms with Crippen LogP contribution in [0.5, 0.6) is 0 Å². The molecule has 3 aromatic heterocycles. The maximum absolute atomic E-state index is 12.7. The maximum Gasteiger partial charge on any atom is 0.256 e. The lowest BCUT2D eigenvalue weighted by Crippen LogP contribution is -2.12. The maximum atomic E-state index is 12.7. The van der Waals surface area contributed by atoms with Gasteiger partial charge in [-0.3, -0.25) is 9.78 Å². The smallest absolute Gasteiger partial charge is 0.256 e. The van der Waals surface area contributed by atoms with Gasteiger partial charge in [0.1, 0.15) is 0 Å². The topological polar surface area (TPSA) is 85.1 Å². The summed E-state index contributed by atoms with van der Waals surface area (Å²) in [6.07, 6.45) is 5.41. The standard InChI is InChI=1S/C24H18N6OS/c1-32-21-7-3-2-6-19(21)24(31)26-18-10-8-16(9-11-18)20-12-13-22-27-28-23(30(22)29-20)17-5-4-14-25-15-17/h2-15H,1H3,(H,26,31). The number of hydrogen-bond donors (Lipinski definition) is 1. The van der Waals surface area contributed by atoms with E-state index < -0.39 is 0 Å². The van der Waals surface area contributed by atoms with Crippen molar-refractivity contribution in [1.29, 1.82) is 0 Å². The van der Waals surface area contributed by atoms with E-state index >= 15 is 0 Å². The Morgan fingerprint density at radius 1 is 0.906 bits per heavy atom. The van der Waals surface area contributed by atoms with E-state index in [0.29, 0.717) is 17.0 Å². The molecule has 156 valence electrons. The molecule has 32 heavy (non-hydrogen) atoms. The van der Waals surface area contributed by atoms with Crippen molar-refractivity contribution < 1.29 is 4.79 Å². The Balaban J connectivity index is 1.41. The summed E-state index contributed by atoms with van der Waals surface area (Å²) in [4.78, 5) is 17.8. The second kappa shape index (κ2) is 8.60. The van der Waals surface area contributed by atoms with E-state index in [1.54, 1.807) is 28.7 Å². The second-order valence-corrected chi connectivity index (χ2v) is 7.83. The fourth-order valence-corrected chi connectivity index (χ4v) is 3.97. The van der Waals surface area contributed by atoms with Crippen molar-refractivity contribution >= 4 is 29.0 Å². The molecule has 0 aliphatic heterocycles. The number of amides is 1. The predicted octanol–water partition coefficient (Wildman–Crippen LogP) is 4.83. The largest absolute Gasteiger partial charge is 0.322 e. The van der Waals surface area contributed by atoms with E-state index in [9.17, 15) is 4.79 Å². The van der Waals surface area contributed by atoms with Gasteiger partial charge >= 0.3 is 0 Å². The summed E-state index contributed by atoms with van der Waals surface area (Å²) in [6.45, 7) is 0. The highest BCUT2D eigenvalue weighted by Gasteiger charge is 2.12. The van der Waals surface area contributed by atoms with Crippen LogP contribution in [0, 0.1) is 0 Å². The van der Waals surface area contributed by atoms with Crippen molar-refractivity contribution in [1.82, 2.24) is 24.8 Å². The SMILES string of the molecule is CSc1ccccc1C(=O)Nc1ccc(-c2ccc3nnc(-c4cccnc4)n3n2)cc1. The molecule has 0 radical (unpaired) electrons. The van der Waals surface area contributed by atoms with Crippen LogP contribution in [0.3, 0.4) is 0 Å². The summed E-state index contributed by atoms with van der Waals surface area (Å²) in [7, 11) is 0. The molecule has 0 saturated heterocycles. The Morgan fingerprint density at radius 3 is 2.53 bits per heavy atom. The number of rotatable bonds is 5. The van der Waals surface area contributed by atoms with Crippen molar-refractivity contribution in [3.05, 3.63) is 90.8 Å². The highest BCUT2D eigenvalue weighted by atomic mass is 32.2. The van der Waals surface area contributed by atoms with Crippen LogP contribution in [0.4, 0.5) is 5.69 Å². The third-order valence-corrected chi connectivity index (χ3v) is 5.77. The molecule has 0 saturated carbocycles. The number of anilines is 1. The van der Waals surface area contributed by atoms with Gasteiger partial charge in [-0.05, 0) is 54.8 Å². The lowest BCUT2D eigenvalue weighted by Gasteiger charge is -2.09. The van der Waals surface area contributed by atoms with Crippen LogP contribution < -0.4 is 5.32 Å². The Morgan fingerprint density at radius 2 is 1.75 bits per heavy atom. The zero-order chi connectivity index (χ0) is 21.9. The molecule has 0 aliphatic rings. The highest BCUT2D eigenvalue weighted by Crippen LogP contribution is 2.24. The van der Waals surface area contributed by atoms with Gasteiger partial charge in [0.2, 0.25) is 0 Å². The van der Waals surface area contributed by atoms with E-state index in [0.717, 1.165) is 27.4 Å². The van der Waals surface area contributed by atoms with Gasteiger partial charge in [-0.1, -0.05) is 24.3 Å². The van der Waals surface area contributed by atoms with Crippen LogP contribution in [-0.2, 0) is 0 Å². The fraction of sp³-hybridized carbons (Fsp3) is 0.0417. The van der Waals surface area contributed by atoms with E-state index in [1.807, 2.05) is 79.1 Å². The van der Waals surface area contributed by atoms with Crippen molar-refractivity contribution in [3.63, 3.8) is 0 Å². The molecule has 3 heterocycles. The third-order valence-electron chi connectivity index (χ3n) is 4.97. The molecule has 0 fully saturated rings. The molecule has 0 unspecified atom stereocenters. The van der Waals surface area contributed by atoms with Gasteiger partial charge in [0.05, 0.1) is 11.3 Å². The van der Waals surface area contributed by atoms with Crippen LogP contribution in [0.2, 0.25) is 0 Å². The minimum Gasteiger partial charge on any atom is -0.322 e. The molecule has 5 rings (SSSR count). The van der Waals surface area contributed by atoms with Gasteiger partial charge < -0.3 is 5.32 Å². The Labute approximate surface area is 188 Å². The van der Waals surface area contributed by atoms with Crippen LogP contribution in [-0.4, -0.2) is 37.0 Å². The first-order chi connectivity index (χ1) is 15.7. The van der Waals surface area contributed by atoms with Crippen molar-refractivity contribution in [3.8, 4) is 22.6 Å². The van der Waals surface area contributed by atoms with Gasteiger partial charge in [-0.25, -0.2) is 0 Å². The zero-order valence-corrected chi connectivity index (χ0v) is 18.0. The first kappa shape index (κ1) is 19.9. The van der Waals surface area contributed by atoms with E-state index in [2.05, 4.69) is 20.5 Å². The molecule has 5 aromatic rings. The predicted molar refractivity (Wildman–Crippen MR) is 126 cm³/mol. The monoisotopic (exact) mass is 438 g/mol. The summed E-state index contributed by atoms with van der Waals surface area (Å²) in [6, 6.07) is 22.7. The minimum absolute atomic E-state index is 0.132. The molecular formula is C24H18N6OS. The third kappa shape index (κ3) is 3.83. The van der Waals surface area contributed by atoms with E-state index in [4.69, 9.17) is 5.10 Å². The number of carbonyl (C=O) groups excluding carboxylic acids is 1. The molecule has 1 amide bonds. The van der Waals surface area contributed by atoms with Gasteiger partial charge in [-0.15, -0.1) is 22.0 Å². The van der Waals surface area contributed by atoms with E-state index in [-0.39, 0.29) is 5.91 Å². The van der Waals surface area contributed by atoms with Gasteiger partial charge in [0.15, 0.2) is 11.5 Å². The average molecular weight is 439 g/mol. The number of hydrogen-bond acceptors (Lipinski definition) is 6. The number of nitrogens with zero attached hydrogens (tertiary/aromatic N) is 5. The summed E-state index contributed by atoms with van der Waals surface area (Å²) in [5.74, 6) is 0.499. The zero-order valence-electron chi connectivity index (χ0n) is 17.1. The summed E-state index contributed by atoms with van der Waals surface area (Å²) in [5, 5.41) is 16.1. The van der Waals surface area contributed by atoms with Gasteiger partial charge in [0, 0.05) is 34.1 Å². The Hall–Kier alpha value is -4.04. The molecule has 7 nitrogen and oxygen atoms in total. The van der Waals surface area contributed by atoms with Crippen LogP contribution in [0.15, 0.2) is 90.1 Å². The molecular weight excluding hydrogens is 420 g/mol. The molecule has 1 N–H and O–H groups in total. The van der Waals surface area contributed by atoms with Gasteiger partial charge in [0.25, 0.3) is 5.91 Å². The molecule has 0 bridgehead atoms. The molecule has 0 atom stereocenters. The second-order valence-electron chi connectivity index (χ2n) is 6.99. The first-order valence-corrected chi connectivity index (χ1v) is 11.1. The fourth-order valence-electron chi connectivity index (χ4n) is 3.37. The number of nitrogens with one attached hydrogen (secondary N) is 1. The summed E-state index contributed by atoms with van der Waals surface area (Å²) in [5.41, 5.74) is 4.56. The van der Waals surface area contributed by atoms with Crippen LogP contribution in [0.1, 0.15) is 10.4 Å². The van der Waals surface area contributed by atoms with Gasteiger partial charge in [-0.2, -0.15) is 9.61 Å². The molecule has 2 aromatic carbocycles. The summed E-state index contributed by atoms with van der Waals surface area (Å²) < 4.78 is 1.71. The van der Waals surface area contributed by atoms with Crippen molar-refractivity contribution in [2.24, 2.45) is 0 Å². The quantitative estimate of drug-likeness (QED) is 0.396. The Bertz CT molecular complexity index is 1400. The highest BCUT2D eigenvalue weighted by molar-refractivity contribution is 7.98.